The molecule has 3 heterocycles. The van der Waals surface area contributed by atoms with E-state index in [-0.39, 0.29) is 5.02 Å². The average molecular weight is 474 g/mol. The summed E-state index contributed by atoms with van der Waals surface area (Å²) in [7, 11) is 0. The first-order valence-electron chi connectivity index (χ1n) is 9.33. The monoisotopic (exact) mass is 473 g/mol. The molecule has 170 valence electrons. The molecule has 0 N–H and O–H groups in total. The van der Waals surface area contributed by atoms with E-state index in [2.05, 4.69) is 0 Å². The van der Waals surface area contributed by atoms with Gasteiger partial charge in [0.05, 0.1) is 34.2 Å². The fourth-order valence-electron chi connectivity index (χ4n) is 4.31. The number of benzene rings is 1. The van der Waals surface area contributed by atoms with Crippen LogP contribution in [0.25, 0.3) is 0 Å². The molecule has 0 unspecified atom stereocenters. The number of anilines is 1. The number of amides is 2. The fourth-order valence-corrected chi connectivity index (χ4v) is 4.52. The van der Waals surface area contributed by atoms with Gasteiger partial charge in [0.25, 0.3) is 6.29 Å². The lowest BCUT2D eigenvalue weighted by molar-refractivity contribution is -0.226. The number of carbonyl (C=O) groups excluding carboxylic acids is 4. The van der Waals surface area contributed by atoms with Gasteiger partial charge in [-0.25, -0.2) is 4.90 Å². The van der Waals surface area contributed by atoms with Gasteiger partial charge in [0, 0.05) is 13.8 Å². The fraction of sp³-hybridized carbons (Fsp3) is 0.400. The van der Waals surface area contributed by atoms with Crippen molar-refractivity contribution in [1.82, 2.24) is 0 Å². The number of hydrogen-bond donors (Lipinski definition) is 0. The molecule has 0 radical (unpaired) electrons. The standard InChI is InChI=1S/C20H15ClF3NO7/c1-8(26)30-18(31-9(2)27)19-6-5-13(32-19)14-15(19)17(29)25(16(14)28)12-7-10(20(22,23)24)3-4-11(12)21/h3-7,13-15,18H,1-2H3/t13-,14-,15+,19+/m0/s1. The van der Waals surface area contributed by atoms with Crippen LogP contribution < -0.4 is 4.90 Å². The maximum atomic E-state index is 13.4. The SMILES string of the molecule is CC(=O)OC(OC(C)=O)[C@]12C=C[C@H](O1)[C@@H]1C(=O)N(c3cc(C(F)(F)F)ccc3Cl)C(=O)[C@@H]12. The van der Waals surface area contributed by atoms with E-state index in [1.54, 1.807) is 0 Å². The summed E-state index contributed by atoms with van der Waals surface area (Å²) < 4.78 is 55.5. The molecule has 1 aromatic carbocycles. The van der Waals surface area contributed by atoms with Gasteiger partial charge in [-0.05, 0) is 24.3 Å². The summed E-state index contributed by atoms with van der Waals surface area (Å²) in [5.41, 5.74) is -3.35. The van der Waals surface area contributed by atoms with E-state index in [0.29, 0.717) is 11.0 Å². The Bertz CT molecular complexity index is 1060. The minimum atomic E-state index is -4.73. The summed E-state index contributed by atoms with van der Waals surface area (Å²) in [5.74, 6) is -5.89. The van der Waals surface area contributed by atoms with Crippen LogP contribution in [0.5, 0.6) is 0 Å². The summed E-state index contributed by atoms with van der Waals surface area (Å²) in [5, 5.41) is -0.244. The lowest BCUT2D eigenvalue weighted by Gasteiger charge is -2.34. The number of carbonyl (C=O) groups is 4. The highest BCUT2D eigenvalue weighted by Crippen LogP contribution is 2.55. The Morgan fingerprint density at radius 2 is 1.78 bits per heavy atom. The second kappa shape index (κ2) is 7.31. The van der Waals surface area contributed by atoms with Crippen LogP contribution in [0, 0.1) is 11.8 Å². The number of esters is 2. The van der Waals surface area contributed by atoms with Crippen LogP contribution in [-0.2, 0) is 39.6 Å². The number of nitrogens with zero attached hydrogens (tertiary/aromatic N) is 1. The highest BCUT2D eigenvalue weighted by atomic mass is 35.5. The van der Waals surface area contributed by atoms with Crippen molar-refractivity contribution in [3.8, 4) is 0 Å². The highest BCUT2D eigenvalue weighted by molar-refractivity contribution is 6.36. The van der Waals surface area contributed by atoms with Crippen molar-refractivity contribution in [2.75, 3.05) is 4.90 Å². The van der Waals surface area contributed by atoms with Crippen molar-refractivity contribution in [2.24, 2.45) is 11.8 Å². The molecule has 2 fully saturated rings. The quantitative estimate of drug-likeness (QED) is 0.287. The molecule has 2 bridgehead atoms. The van der Waals surface area contributed by atoms with Crippen LogP contribution in [0.15, 0.2) is 30.4 Å². The van der Waals surface area contributed by atoms with E-state index in [1.807, 2.05) is 0 Å². The molecule has 3 aliphatic rings. The number of ether oxygens (including phenoxy) is 3. The number of rotatable bonds is 4. The van der Waals surface area contributed by atoms with Crippen molar-refractivity contribution in [3.05, 3.63) is 40.9 Å². The highest BCUT2D eigenvalue weighted by Gasteiger charge is 2.72. The summed E-state index contributed by atoms with van der Waals surface area (Å²) in [6.45, 7) is 2.10. The van der Waals surface area contributed by atoms with Crippen LogP contribution in [0.3, 0.4) is 0 Å². The molecule has 2 saturated heterocycles. The lowest BCUT2D eigenvalue weighted by atomic mass is 9.76. The molecule has 32 heavy (non-hydrogen) atoms. The van der Waals surface area contributed by atoms with Gasteiger partial charge in [0.2, 0.25) is 11.8 Å². The van der Waals surface area contributed by atoms with E-state index < -0.39 is 71.0 Å². The number of alkyl halides is 3. The molecule has 1 aromatic rings. The van der Waals surface area contributed by atoms with Crippen molar-refractivity contribution < 1.29 is 46.6 Å². The lowest BCUT2D eigenvalue weighted by Crippen LogP contribution is -2.52. The zero-order valence-corrected chi connectivity index (χ0v) is 17.3. The molecule has 0 spiro atoms. The van der Waals surface area contributed by atoms with E-state index in [1.165, 1.54) is 12.2 Å². The number of fused-ring (bicyclic) bond motifs is 5. The third-order valence-corrected chi connectivity index (χ3v) is 5.83. The maximum Gasteiger partial charge on any atom is 0.416 e. The molecule has 0 aliphatic carbocycles. The van der Waals surface area contributed by atoms with Gasteiger partial charge in [0.15, 0.2) is 5.60 Å². The molecule has 0 aromatic heterocycles. The summed E-state index contributed by atoms with van der Waals surface area (Å²) in [6, 6.07) is 2.27. The third-order valence-electron chi connectivity index (χ3n) is 5.51. The van der Waals surface area contributed by atoms with Gasteiger partial charge in [0.1, 0.15) is 0 Å². The Labute approximate surface area is 183 Å². The van der Waals surface area contributed by atoms with Crippen LogP contribution in [0.2, 0.25) is 5.02 Å². The predicted octanol–water partition coefficient (Wildman–Crippen LogP) is 2.62. The van der Waals surface area contributed by atoms with Crippen LogP contribution in [0.1, 0.15) is 19.4 Å². The number of hydrogen-bond acceptors (Lipinski definition) is 7. The van der Waals surface area contributed by atoms with Crippen molar-refractivity contribution in [3.63, 3.8) is 0 Å². The van der Waals surface area contributed by atoms with Gasteiger partial charge < -0.3 is 14.2 Å². The van der Waals surface area contributed by atoms with E-state index in [4.69, 9.17) is 25.8 Å². The second-order valence-electron chi connectivity index (χ2n) is 7.53. The second-order valence-corrected chi connectivity index (χ2v) is 7.93. The first kappa shape index (κ1) is 22.3. The van der Waals surface area contributed by atoms with Crippen LogP contribution in [-0.4, -0.2) is 41.7 Å². The Balaban J connectivity index is 1.78. The Morgan fingerprint density at radius 1 is 1.16 bits per heavy atom. The van der Waals surface area contributed by atoms with Crippen molar-refractivity contribution in [1.29, 1.82) is 0 Å². The Hall–Kier alpha value is -2.92. The van der Waals surface area contributed by atoms with Gasteiger partial charge in [-0.2, -0.15) is 13.2 Å². The first-order valence-corrected chi connectivity index (χ1v) is 9.71. The van der Waals surface area contributed by atoms with Gasteiger partial charge in [-0.1, -0.05) is 17.7 Å². The predicted molar refractivity (Wildman–Crippen MR) is 100.0 cm³/mol. The Kier molecular flexibility index (Phi) is 5.09. The van der Waals surface area contributed by atoms with E-state index >= 15 is 0 Å². The van der Waals surface area contributed by atoms with Gasteiger partial charge in [-0.3, -0.25) is 19.2 Å². The summed E-state index contributed by atoms with van der Waals surface area (Å²) in [4.78, 5) is 50.2. The topological polar surface area (TPSA) is 99.2 Å². The van der Waals surface area contributed by atoms with Crippen LogP contribution in [0.4, 0.5) is 18.9 Å². The molecule has 12 heteroatoms. The number of halogens is 4. The molecular weight excluding hydrogens is 459 g/mol. The minimum Gasteiger partial charge on any atom is -0.422 e. The molecule has 4 rings (SSSR count). The zero-order valence-electron chi connectivity index (χ0n) is 16.5. The summed E-state index contributed by atoms with van der Waals surface area (Å²) in [6.07, 6.45) is -4.56. The van der Waals surface area contributed by atoms with Crippen molar-refractivity contribution in [2.45, 2.75) is 38.0 Å². The maximum absolute atomic E-state index is 13.4. The zero-order chi connectivity index (χ0) is 23.6. The first-order chi connectivity index (χ1) is 14.9. The normalized spacial score (nSPS) is 28.5. The minimum absolute atomic E-state index is 0.244. The van der Waals surface area contributed by atoms with Crippen LogP contribution >= 0.6 is 11.6 Å². The Morgan fingerprint density at radius 3 is 2.34 bits per heavy atom. The molecule has 4 atom stereocenters. The van der Waals surface area contributed by atoms with E-state index in [9.17, 15) is 32.3 Å². The smallest absolute Gasteiger partial charge is 0.416 e. The third kappa shape index (κ3) is 3.27. The van der Waals surface area contributed by atoms with Crippen molar-refractivity contribution >= 4 is 41.0 Å². The van der Waals surface area contributed by atoms with Gasteiger partial charge in [-0.15, -0.1) is 0 Å². The molecule has 3 aliphatic heterocycles. The number of imide groups is 1. The molecule has 8 nitrogen and oxygen atoms in total. The molecule has 0 saturated carbocycles. The molecule has 2 amide bonds. The average Bonchev–Trinajstić information content (AvgIpc) is 3.32. The van der Waals surface area contributed by atoms with E-state index in [0.717, 1.165) is 26.0 Å². The van der Waals surface area contributed by atoms with Gasteiger partial charge >= 0.3 is 18.1 Å². The molecular formula is C20H15ClF3NO7. The summed E-state index contributed by atoms with van der Waals surface area (Å²) >= 11 is 6.04. The largest absolute Gasteiger partial charge is 0.422 e.